The number of nitriles is 1. The van der Waals surface area contributed by atoms with Gasteiger partial charge >= 0.3 is 0 Å². The summed E-state index contributed by atoms with van der Waals surface area (Å²) in [6.07, 6.45) is 1.52. The fourth-order valence-electron chi connectivity index (χ4n) is 1.50. The van der Waals surface area contributed by atoms with Gasteiger partial charge < -0.3 is 10.2 Å². The molecule has 2 aromatic rings. The average Bonchev–Trinajstić information content (AvgIpc) is 2.85. The lowest BCUT2D eigenvalue weighted by Gasteiger charge is -1.97. The van der Waals surface area contributed by atoms with E-state index < -0.39 is 0 Å². The number of nitrogens with two attached hydrogens (primary N) is 1. The van der Waals surface area contributed by atoms with E-state index in [1.807, 2.05) is 24.3 Å². The highest BCUT2D eigenvalue weighted by molar-refractivity contribution is 7.80. The minimum Gasteiger partial charge on any atom is -0.457 e. The van der Waals surface area contributed by atoms with Gasteiger partial charge in [0.1, 0.15) is 22.6 Å². The molecular formula is C14H9ClN2OS. The summed E-state index contributed by atoms with van der Waals surface area (Å²) in [5, 5.41) is 9.53. The van der Waals surface area contributed by atoms with Crippen LogP contribution >= 0.6 is 23.8 Å². The Hall–Kier alpha value is -2.09. The molecule has 0 aliphatic rings. The van der Waals surface area contributed by atoms with E-state index in [0.29, 0.717) is 16.5 Å². The van der Waals surface area contributed by atoms with Gasteiger partial charge in [0, 0.05) is 16.7 Å². The molecule has 19 heavy (non-hydrogen) atoms. The molecular weight excluding hydrogens is 280 g/mol. The highest BCUT2D eigenvalue weighted by Crippen LogP contribution is 2.24. The molecule has 0 bridgehead atoms. The molecule has 1 heterocycles. The Morgan fingerprint density at radius 2 is 1.95 bits per heavy atom. The third-order valence-electron chi connectivity index (χ3n) is 2.43. The van der Waals surface area contributed by atoms with E-state index in [4.69, 9.17) is 39.2 Å². The molecule has 0 spiro atoms. The second-order valence-electron chi connectivity index (χ2n) is 3.74. The van der Waals surface area contributed by atoms with Crippen molar-refractivity contribution in [3.05, 3.63) is 52.8 Å². The first-order valence-corrected chi connectivity index (χ1v) is 6.16. The number of thiocarbonyl (C=S) groups is 1. The maximum atomic E-state index is 8.87. The predicted molar refractivity (Wildman–Crippen MR) is 79.5 cm³/mol. The van der Waals surface area contributed by atoms with Crippen LogP contribution in [0.25, 0.3) is 17.4 Å². The Balaban J connectivity index is 2.32. The summed E-state index contributed by atoms with van der Waals surface area (Å²) < 4.78 is 5.61. The van der Waals surface area contributed by atoms with E-state index in [9.17, 15) is 0 Å². The lowest BCUT2D eigenvalue weighted by atomic mass is 10.2. The third kappa shape index (κ3) is 3.22. The highest BCUT2D eigenvalue weighted by Gasteiger charge is 2.05. The van der Waals surface area contributed by atoms with Crippen LogP contribution in [0, 0.1) is 11.3 Å². The van der Waals surface area contributed by atoms with Crippen LogP contribution < -0.4 is 5.73 Å². The minimum absolute atomic E-state index is 0.0481. The fourth-order valence-corrected chi connectivity index (χ4v) is 1.73. The average molecular weight is 289 g/mol. The van der Waals surface area contributed by atoms with E-state index in [0.717, 1.165) is 5.56 Å². The van der Waals surface area contributed by atoms with Crippen LogP contribution in [0.15, 0.2) is 46.4 Å². The summed E-state index contributed by atoms with van der Waals surface area (Å²) in [7, 11) is 0. The number of hydrogen-bond donors (Lipinski definition) is 1. The van der Waals surface area contributed by atoms with Crippen molar-refractivity contribution in [2.45, 2.75) is 0 Å². The molecule has 0 amide bonds. The Bertz CT molecular complexity index is 680. The van der Waals surface area contributed by atoms with Crippen LogP contribution in [0.4, 0.5) is 0 Å². The molecule has 0 fully saturated rings. The Kier molecular flexibility index (Phi) is 4.00. The molecule has 2 rings (SSSR count). The van der Waals surface area contributed by atoms with Crippen molar-refractivity contribution in [1.29, 1.82) is 5.26 Å². The van der Waals surface area contributed by atoms with E-state index in [-0.39, 0.29) is 10.6 Å². The van der Waals surface area contributed by atoms with Crippen LogP contribution in [-0.2, 0) is 0 Å². The molecule has 0 unspecified atom stereocenters. The number of nitrogens with zero attached hydrogens (tertiary/aromatic N) is 1. The fraction of sp³-hybridized carbons (Fsp3) is 0. The number of benzene rings is 1. The molecule has 0 saturated carbocycles. The molecule has 1 aromatic heterocycles. The molecule has 94 valence electrons. The smallest absolute Gasteiger partial charge is 0.134 e. The quantitative estimate of drug-likeness (QED) is 0.530. The molecule has 5 heteroatoms. The van der Waals surface area contributed by atoms with Crippen molar-refractivity contribution in [1.82, 2.24) is 0 Å². The normalized spacial score (nSPS) is 11.1. The maximum absolute atomic E-state index is 8.87. The Morgan fingerprint density at radius 1 is 1.26 bits per heavy atom. The van der Waals surface area contributed by atoms with Gasteiger partial charge in [-0.2, -0.15) is 5.26 Å². The van der Waals surface area contributed by atoms with Crippen molar-refractivity contribution in [3.8, 4) is 17.4 Å². The first-order valence-electron chi connectivity index (χ1n) is 5.37. The SMILES string of the molecule is N#C/C(=C\c1ccc(-c2ccc(Cl)cc2)o1)C(N)=S. The van der Waals surface area contributed by atoms with Crippen molar-refractivity contribution >= 4 is 34.9 Å². The summed E-state index contributed by atoms with van der Waals surface area (Å²) in [5.74, 6) is 1.21. The first-order chi connectivity index (χ1) is 9.10. The predicted octanol–water partition coefficient (Wildman–Crippen LogP) is 3.79. The van der Waals surface area contributed by atoms with Crippen LogP contribution in [0.5, 0.6) is 0 Å². The van der Waals surface area contributed by atoms with Crippen LogP contribution in [-0.4, -0.2) is 4.99 Å². The topological polar surface area (TPSA) is 63.0 Å². The Labute approximate surface area is 120 Å². The van der Waals surface area contributed by atoms with Gasteiger partial charge in [0.15, 0.2) is 0 Å². The molecule has 0 aliphatic heterocycles. The Morgan fingerprint density at radius 3 is 2.53 bits per heavy atom. The lowest BCUT2D eigenvalue weighted by Crippen LogP contribution is -2.09. The number of halogens is 1. The number of rotatable bonds is 3. The van der Waals surface area contributed by atoms with Crippen molar-refractivity contribution < 1.29 is 4.42 Å². The maximum Gasteiger partial charge on any atom is 0.134 e. The van der Waals surface area contributed by atoms with Gasteiger partial charge in [0.2, 0.25) is 0 Å². The lowest BCUT2D eigenvalue weighted by molar-refractivity contribution is 0.571. The molecule has 0 radical (unpaired) electrons. The largest absolute Gasteiger partial charge is 0.457 e. The molecule has 3 nitrogen and oxygen atoms in total. The molecule has 0 saturated heterocycles. The third-order valence-corrected chi connectivity index (χ3v) is 2.90. The van der Waals surface area contributed by atoms with Crippen LogP contribution in [0.3, 0.4) is 0 Å². The number of furan rings is 1. The number of hydrogen-bond acceptors (Lipinski definition) is 3. The summed E-state index contributed by atoms with van der Waals surface area (Å²) in [6, 6.07) is 12.8. The van der Waals surface area contributed by atoms with Gasteiger partial charge in [-0.1, -0.05) is 23.8 Å². The monoisotopic (exact) mass is 288 g/mol. The standard InChI is InChI=1S/C14H9ClN2OS/c15-11-3-1-9(2-4-11)13-6-5-12(18-13)7-10(8-16)14(17)19/h1-7H,(H2,17,19)/b10-7+. The van der Waals surface area contributed by atoms with E-state index in [1.165, 1.54) is 6.08 Å². The summed E-state index contributed by atoms with van der Waals surface area (Å²) in [4.78, 5) is 0.0481. The van der Waals surface area contributed by atoms with Gasteiger partial charge in [0.25, 0.3) is 0 Å². The van der Waals surface area contributed by atoms with Crippen molar-refractivity contribution in [2.75, 3.05) is 0 Å². The first kappa shape index (κ1) is 13.3. The van der Waals surface area contributed by atoms with E-state index in [2.05, 4.69) is 0 Å². The minimum atomic E-state index is 0.0481. The summed E-state index contributed by atoms with van der Waals surface area (Å²) in [6.45, 7) is 0. The molecule has 0 atom stereocenters. The zero-order valence-electron chi connectivity index (χ0n) is 9.76. The van der Waals surface area contributed by atoms with Gasteiger partial charge in [-0.05, 0) is 36.4 Å². The second kappa shape index (κ2) is 5.70. The van der Waals surface area contributed by atoms with Gasteiger partial charge in [-0.3, -0.25) is 0 Å². The zero-order chi connectivity index (χ0) is 13.8. The van der Waals surface area contributed by atoms with Gasteiger partial charge in [0.05, 0.1) is 5.57 Å². The molecule has 1 aromatic carbocycles. The van der Waals surface area contributed by atoms with Crippen molar-refractivity contribution in [2.24, 2.45) is 5.73 Å². The van der Waals surface area contributed by atoms with Gasteiger partial charge in [-0.15, -0.1) is 0 Å². The zero-order valence-corrected chi connectivity index (χ0v) is 11.3. The van der Waals surface area contributed by atoms with Crippen LogP contribution in [0.1, 0.15) is 5.76 Å². The van der Waals surface area contributed by atoms with E-state index >= 15 is 0 Å². The molecule has 0 aliphatic carbocycles. The highest BCUT2D eigenvalue weighted by atomic mass is 35.5. The second-order valence-corrected chi connectivity index (χ2v) is 4.62. The van der Waals surface area contributed by atoms with Crippen LogP contribution in [0.2, 0.25) is 5.02 Å². The van der Waals surface area contributed by atoms with Crippen molar-refractivity contribution in [3.63, 3.8) is 0 Å². The molecule has 2 N–H and O–H groups in total. The van der Waals surface area contributed by atoms with E-state index in [1.54, 1.807) is 18.2 Å². The summed E-state index contributed by atoms with van der Waals surface area (Å²) >= 11 is 10.6. The summed E-state index contributed by atoms with van der Waals surface area (Å²) in [5.41, 5.74) is 6.53. The van der Waals surface area contributed by atoms with Gasteiger partial charge in [-0.25, -0.2) is 0 Å².